The van der Waals surface area contributed by atoms with Gasteiger partial charge in [0, 0.05) is 16.8 Å². The Hall–Kier alpha value is -1.07. The van der Waals surface area contributed by atoms with E-state index in [4.69, 9.17) is 16.8 Å². The van der Waals surface area contributed by atoms with Gasteiger partial charge in [0.2, 0.25) is 0 Å². The molecule has 1 unspecified atom stereocenters. The second kappa shape index (κ2) is 4.84. The Labute approximate surface area is 99.5 Å². The molecule has 0 aliphatic carbocycles. The smallest absolute Gasteiger partial charge is 0.155 e. The van der Waals surface area contributed by atoms with E-state index >= 15 is 0 Å². The molecule has 6 heteroatoms. The maximum Gasteiger partial charge on any atom is 0.155 e. The highest BCUT2D eigenvalue weighted by molar-refractivity contribution is 7.92. The van der Waals surface area contributed by atoms with Crippen LogP contribution in [0.15, 0.2) is 29.4 Å². The van der Waals surface area contributed by atoms with Gasteiger partial charge in [-0.2, -0.15) is 0 Å². The standard InChI is InChI=1S/C10H12ClNO3S/c1-7(16(2,14)15)10(12-13)8-3-5-9(11)6-4-8/h3-7,13H,1-2H3. The summed E-state index contributed by atoms with van der Waals surface area (Å²) in [5.41, 5.74) is 0.643. The highest BCUT2D eigenvalue weighted by Gasteiger charge is 2.23. The summed E-state index contributed by atoms with van der Waals surface area (Å²) in [6, 6.07) is 6.44. The Morgan fingerprint density at radius 1 is 1.38 bits per heavy atom. The maximum atomic E-state index is 11.4. The number of benzene rings is 1. The SMILES string of the molecule is CC(C(=NO)c1ccc(Cl)cc1)S(C)(=O)=O. The minimum absolute atomic E-state index is 0.110. The van der Waals surface area contributed by atoms with Crippen LogP contribution in [0.3, 0.4) is 0 Å². The monoisotopic (exact) mass is 261 g/mol. The predicted molar refractivity (Wildman–Crippen MR) is 64.1 cm³/mol. The molecule has 0 saturated heterocycles. The maximum absolute atomic E-state index is 11.4. The van der Waals surface area contributed by atoms with E-state index in [2.05, 4.69) is 5.16 Å². The molecular weight excluding hydrogens is 250 g/mol. The molecule has 16 heavy (non-hydrogen) atoms. The number of halogens is 1. The molecule has 0 spiro atoms. The van der Waals surface area contributed by atoms with Gasteiger partial charge in [0.25, 0.3) is 0 Å². The van der Waals surface area contributed by atoms with E-state index < -0.39 is 15.1 Å². The predicted octanol–water partition coefficient (Wildman–Crippen LogP) is 1.95. The highest BCUT2D eigenvalue weighted by atomic mass is 35.5. The van der Waals surface area contributed by atoms with E-state index in [0.717, 1.165) is 6.26 Å². The highest BCUT2D eigenvalue weighted by Crippen LogP contribution is 2.14. The lowest BCUT2D eigenvalue weighted by Crippen LogP contribution is -2.27. The van der Waals surface area contributed by atoms with E-state index in [1.807, 2.05) is 0 Å². The van der Waals surface area contributed by atoms with Gasteiger partial charge >= 0.3 is 0 Å². The molecule has 0 fully saturated rings. The first kappa shape index (κ1) is 13.0. The van der Waals surface area contributed by atoms with Gasteiger partial charge in [0.05, 0.1) is 0 Å². The molecule has 4 nitrogen and oxygen atoms in total. The van der Waals surface area contributed by atoms with Crippen molar-refractivity contribution in [3.8, 4) is 0 Å². The molecule has 1 N–H and O–H groups in total. The largest absolute Gasteiger partial charge is 0.411 e. The first-order valence-electron chi connectivity index (χ1n) is 4.53. The van der Waals surface area contributed by atoms with Crippen molar-refractivity contribution < 1.29 is 13.6 Å². The zero-order valence-electron chi connectivity index (χ0n) is 8.88. The Morgan fingerprint density at radius 2 is 1.88 bits per heavy atom. The summed E-state index contributed by atoms with van der Waals surface area (Å²) < 4.78 is 22.7. The van der Waals surface area contributed by atoms with Gasteiger partial charge in [-0.3, -0.25) is 0 Å². The summed E-state index contributed by atoms with van der Waals surface area (Å²) in [5.74, 6) is 0. The van der Waals surface area contributed by atoms with Crippen LogP contribution in [-0.2, 0) is 9.84 Å². The van der Waals surface area contributed by atoms with E-state index in [1.54, 1.807) is 24.3 Å². The summed E-state index contributed by atoms with van der Waals surface area (Å²) in [6.07, 6.45) is 1.10. The second-order valence-electron chi connectivity index (χ2n) is 3.46. The Kier molecular flexibility index (Phi) is 3.93. The van der Waals surface area contributed by atoms with Crippen molar-refractivity contribution >= 4 is 27.1 Å². The fraction of sp³-hybridized carbons (Fsp3) is 0.300. The van der Waals surface area contributed by atoms with Gasteiger partial charge in [-0.05, 0) is 19.1 Å². The molecule has 0 aliphatic heterocycles. The van der Waals surface area contributed by atoms with Crippen molar-refractivity contribution in [3.63, 3.8) is 0 Å². The lowest BCUT2D eigenvalue weighted by atomic mass is 10.1. The van der Waals surface area contributed by atoms with E-state index in [9.17, 15) is 8.42 Å². The molecule has 1 aromatic rings. The number of hydrogen-bond acceptors (Lipinski definition) is 4. The van der Waals surface area contributed by atoms with Crippen molar-refractivity contribution in [1.29, 1.82) is 0 Å². The summed E-state index contributed by atoms with van der Waals surface area (Å²) in [5, 5.41) is 11.6. The zero-order chi connectivity index (χ0) is 12.3. The van der Waals surface area contributed by atoms with Crippen LogP contribution in [0.2, 0.25) is 5.02 Å². The lowest BCUT2D eigenvalue weighted by Gasteiger charge is -2.11. The summed E-state index contributed by atoms with van der Waals surface area (Å²) >= 11 is 5.71. The quantitative estimate of drug-likeness (QED) is 0.514. The van der Waals surface area contributed by atoms with Gasteiger partial charge in [0.1, 0.15) is 11.0 Å². The van der Waals surface area contributed by atoms with Crippen molar-refractivity contribution in [2.24, 2.45) is 5.16 Å². The fourth-order valence-corrected chi connectivity index (χ4v) is 1.91. The van der Waals surface area contributed by atoms with E-state index in [0.29, 0.717) is 10.6 Å². The number of nitrogens with zero attached hydrogens (tertiary/aromatic N) is 1. The molecule has 0 bridgehead atoms. The topological polar surface area (TPSA) is 66.7 Å². The third-order valence-corrected chi connectivity index (χ3v) is 4.03. The van der Waals surface area contributed by atoms with Crippen LogP contribution in [0.5, 0.6) is 0 Å². The molecule has 0 heterocycles. The molecule has 0 aliphatic rings. The third-order valence-electron chi connectivity index (χ3n) is 2.28. The molecule has 1 aromatic carbocycles. The zero-order valence-corrected chi connectivity index (χ0v) is 10.5. The molecule has 0 saturated carbocycles. The minimum atomic E-state index is -3.30. The van der Waals surface area contributed by atoms with Gasteiger partial charge < -0.3 is 5.21 Å². The van der Waals surface area contributed by atoms with Crippen LogP contribution in [-0.4, -0.2) is 30.8 Å². The van der Waals surface area contributed by atoms with Crippen molar-refractivity contribution in [1.82, 2.24) is 0 Å². The first-order valence-corrected chi connectivity index (χ1v) is 6.86. The lowest BCUT2D eigenvalue weighted by molar-refractivity contribution is 0.318. The normalized spacial score (nSPS) is 14.8. The Morgan fingerprint density at radius 3 is 2.25 bits per heavy atom. The van der Waals surface area contributed by atoms with Crippen LogP contribution >= 0.6 is 11.6 Å². The molecule has 0 amide bonds. The number of oxime groups is 1. The fourth-order valence-electron chi connectivity index (χ4n) is 1.20. The molecule has 0 aromatic heterocycles. The average Bonchev–Trinajstić information content (AvgIpc) is 2.20. The van der Waals surface area contributed by atoms with Crippen molar-refractivity contribution in [3.05, 3.63) is 34.9 Å². The molecular formula is C10H12ClNO3S. The van der Waals surface area contributed by atoms with Crippen molar-refractivity contribution in [2.45, 2.75) is 12.2 Å². The second-order valence-corrected chi connectivity index (χ2v) is 6.27. The molecule has 1 rings (SSSR count). The van der Waals surface area contributed by atoms with Crippen LogP contribution in [0.25, 0.3) is 0 Å². The average molecular weight is 262 g/mol. The van der Waals surface area contributed by atoms with Gasteiger partial charge in [-0.1, -0.05) is 28.9 Å². The van der Waals surface area contributed by atoms with Gasteiger partial charge in [0.15, 0.2) is 9.84 Å². The molecule has 0 radical (unpaired) electrons. The third kappa shape index (κ3) is 2.96. The Balaban J connectivity index is 3.15. The molecule has 88 valence electrons. The summed E-state index contributed by atoms with van der Waals surface area (Å²) in [6.45, 7) is 1.47. The number of hydrogen-bond donors (Lipinski definition) is 1. The van der Waals surface area contributed by atoms with Crippen LogP contribution < -0.4 is 0 Å². The molecule has 1 atom stereocenters. The van der Waals surface area contributed by atoms with Gasteiger partial charge in [-0.25, -0.2) is 8.42 Å². The summed E-state index contributed by atoms with van der Waals surface area (Å²) in [4.78, 5) is 0. The Bertz CT molecular complexity index is 493. The van der Waals surface area contributed by atoms with Crippen LogP contribution in [0, 0.1) is 0 Å². The van der Waals surface area contributed by atoms with Crippen LogP contribution in [0.4, 0.5) is 0 Å². The number of sulfone groups is 1. The van der Waals surface area contributed by atoms with E-state index in [-0.39, 0.29) is 5.71 Å². The number of rotatable bonds is 3. The first-order chi connectivity index (χ1) is 7.36. The van der Waals surface area contributed by atoms with Crippen molar-refractivity contribution in [2.75, 3.05) is 6.26 Å². The van der Waals surface area contributed by atoms with E-state index in [1.165, 1.54) is 6.92 Å². The summed E-state index contributed by atoms with van der Waals surface area (Å²) in [7, 11) is -3.30. The minimum Gasteiger partial charge on any atom is -0.411 e. The van der Waals surface area contributed by atoms with Gasteiger partial charge in [-0.15, -0.1) is 0 Å². The van der Waals surface area contributed by atoms with Crippen LogP contribution in [0.1, 0.15) is 12.5 Å².